The molecular formula is C24H34N3O5Rb. The molecule has 0 fully saturated rings. The van der Waals surface area contributed by atoms with Gasteiger partial charge in [0.1, 0.15) is 0 Å². The molecule has 0 atom stereocenters. The van der Waals surface area contributed by atoms with Crippen LogP contribution in [0.3, 0.4) is 0 Å². The van der Waals surface area contributed by atoms with E-state index in [0.717, 1.165) is 48.9 Å². The Bertz CT molecular complexity index is 796. The quantitative estimate of drug-likeness (QED) is 0.290. The first-order valence-electron chi connectivity index (χ1n) is 11.3. The molecule has 1 aliphatic carbocycles. The molecule has 2 N–H and O–H groups in total. The number of nitrogens with zero attached hydrogens (tertiary/aromatic N) is 1. The van der Waals surface area contributed by atoms with Crippen LogP contribution in [-0.2, 0) is 20.8 Å². The molecule has 2 rings (SSSR count). The van der Waals surface area contributed by atoms with Gasteiger partial charge in [-0.1, -0.05) is 36.8 Å². The Morgan fingerprint density at radius 1 is 1.06 bits per heavy atom. The van der Waals surface area contributed by atoms with Crippen molar-refractivity contribution >= 4 is 17.8 Å². The summed E-state index contributed by atoms with van der Waals surface area (Å²) in [5.41, 5.74) is 3.42. The Balaban J connectivity index is 0.00000544. The van der Waals surface area contributed by atoms with Gasteiger partial charge in [-0.25, -0.2) is 4.79 Å². The molecule has 2 amide bonds. The summed E-state index contributed by atoms with van der Waals surface area (Å²) in [6.45, 7) is 3.21. The average Bonchev–Trinajstić information content (AvgIpc) is 2.83. The van der Waals surface area contributed by atoms with Crippen molar-refractivity contribution in [2.75, 3.05) is 33.4 Å². The number of carbonyl (C=O) groups excluding carboxylic acids is 3. The zero-order valence-corrected chi connectivity index (χ0v) is 25.0. The second-order valence-corrected chi connectivity index (χ2v) is 7.62. The topological polar surface area (TPSA) is 108 Å². The first kappa shape index (κ1) is 30.0. The van der Waals surface area contributed by atoms with Gasteiger partial charge in [-0.05, 0) is 32.1 Å². The number of allylic oxidation sites excluding steroid dienone is 2. The van der Waals surface area contributed by atoms with Gasteiger partial charge in [0.15, 0.2) is 5.78 Å². The zero-order valence-electron chi connectivity index (χ0n) is 20.1. The first-order valence-corrected chi connectivity index (χ1v) is 11.3. The van der Waals surface area contributed by atoms with E-state index in [-0.39, 0.29) is 89.6 Å². The number of nitrogens with one attached hydrogen (secondary N) is 2. The van der Waals surface area contributed by atoms with E-state index in [9.17, 15) is 14.4 Å². The summed E-state index contributed by atoms with van der Waals surface area (Å²) in [6, 6.07) is 7.24. The predicted molar refractivity (Wildman–Crippen MR) is 122 cm³/mol. The second-order valence-electron chi connectivity index (χ2n) is 7.62. The number of amides is 2. The minimum atomic E-state index is -0.441. The van der Waals surface area contributed by atoms with Crippen molar-refractivity contribution in [3.05, 3.63) is 52.0 Å². The smallest absolute Gasteiger partial charge is 0.648 e. The van der Waals surface area contributed by atoms with Crippen LogP contribution >= 0.6 is 0 Å². The number of alkyl carbamates (subject to hydrolysis) is 1. The number of rotatable bonds is 13. The summed E-state index contributed by atoms with van der Waals surface area (Å²) >= 11 is 0. The zero-order chi connectivity index (χ0) is 23.2. The molecule has 0 aliphatic heterocycles. The molecule has 0 radical (unpaired) electrons. The summed E-state index contributed by atoms with van der Waals surface area (Å²) in [5, 5.41) is 9.77. The first-order chi connectivity index (χ1) is 15.5. The maximum Gasteiger partial charge on any atom is 1.00 e. The van der Waals surface area contributed by atoms with Crippen molar-refractivity contribution in [2.45, 2.75) is 52.0 Å². The Morgan fingerprint density at radius 3 is 2.48 bits per heavy atom. The standard InChI is InChI=1S/C24H35N3O5.Rb/c1-3-13-26-24(30)32-15-6-14-31-17-22(28)27-16-18-9-11-19(12-10-18)23(29)20-7-4-5-8-21(20)25-2;/h9-12H,3-8,13-17H2,1-2H3,(H3,25,26,27,28,29,30);/q;+1/p-1. The number of ether oxygens (including phenoxy) is 2. The van der Waals surface area contributed by atoms with E-state index >= 15 is 0 Å². The molecule has 1 aromatic carbocycles. The van der Waals surface area contributed by atoms with Gasteiger partial charge < -0.3 is 30.2 Å². The Labute approximate surface area is 245 Å². The van der Waals surface area contributed by atoms with Crippen molar-refractivity contribution in [1.82, 2.24) is 10.6 Å². The van der Waals surface area contributed by atoms with Gasteiger partial charge >= 0.3 is 64.3 Å². The third-order valence-electron chi connectivity index (χ3n) is 5.11. The summed E-state index contributed by atoms with van der Waals surface area (Å²) in [7, 11) is 1.86. The number of Topliss-reactive ketones (excluding diaryl/α,β-unsaturated/α-hetero) is 1. The molecule has 176 valence electrons. The molecule has 8 nitrogen and oxygen atoms in total. The Hall–Kier alpha value is -1.06. The van der Waals surface area contributed by atoms with Gasteiger partial charge in [0.2, 0.25) is 0 Å². The number of benzene rings is 1. The Morgan fingerprint density at radius 2 is 1.79 bits per heavy atom. The van der Waals surface area contributed by atoms with Crippen LogP contribution in [0.2, 0.25) is 0 Å². The summed E-state index contributed by atoms with van der Waals surface area (Å²) in [4.78, 5) is 35.9. The molecule has 33 heavy (non-hydrogen) atoms. The normalized spacial score (nSPS) is 13.0. The van der Waals surface area contributed by atoms with Crippen LogP contribution in [0.25, 0.3) is 5.32 Å². The van der Waals surface area contributed by atoms with Gasteiger partial charge in [0, 0.05) is 36.8 Å². The molecular weight excluding hydrogens is 496 g/mol. The number of ketones is 1. The van der Waals surface area contributed by atoms with Crippen LogP contribution < -0.4 is 68.8 Å². The summed E-state index contributed by atoms with van der Waals surface area (Å²) in [6.07, 6.45) is 4.78. The molecule has 9 heteroatoms. The minimum absolute atomic E-state index is 0. The summed E-state index contributed by atoms with van der Waals surface area (Å²) in [5.74, 6) is -0.286. The fraction of sp³-hybridized carbons (Fsp3) is 0.542. The van der Waals surface area contributed by atoms with Crippen molar-refractivity contribution in [3.8, 4) is 0 Å². The van der Waals surface area contributed by atoms with Crippen LogP contribution in [0.1, 0.15) is 61.4 Å². The van der Waals surface area contributed by atoms with E-state index < -0.39 is 6.09 Å². The molecule has 1 aromatic rings. The molecule has 0 bridgehead atoms. The van der Waals surface area contributed by atoms with Gasteiger partial charge in [-0.2, -0.15) is 0 Å². The largest absolute Gasteiger partial charge is 1.00 e. The fourth-order valence-corrected chi connectivity index (χ4v) is 3.36. The van der Waals surface area contributed by atoms with Crippen molar-refractivity contribution < 1.29 is 82.0 Å². The van der Waals surface area contributed by atoms with E-state index in [2.05, 4.69) is 16.0 Å². The second kappa shape index (κ2) is 17.4. The monoisotopic (exact) mass is 529 g/mol. The van der Waals surface area contributed by atoms with E-state index in [4.69, 9.17) is 9.47 Å². The molecule has 0 unspecified atom stereocenters. The number of hydrogen-bond acceptors (Lipinski definition) is 6. The molecule has 0 saturated carbocycles. The van der Waals surface area contributed by atoms with Gasteiger partial charge in [-0.15, -0.1) is 6.54 Å². The molecule has 1 aliphatic rings. The predicted octanol–water partition coefficient (Wildman–Crippen LogP) is 0.864. The van der Waals surface area contributed by atoms with Crippen molar-refractivity contribution in [3.63, 3.8) is 0 Å². The van der Waals surface area contributed by atoms with Gasteiger partial charge in [0.25, 0.3) is 0 Å². The third-order valence-corrected chi connectivity index (χ3v) is 5.11. The molecule has 0 aromatic heterocycles. The van der Waals surface area contributed by atoms with Crippen LogP contribution in [0.15, 0.2) is 35.5 Å². The minimum Gasteiger partial charge on any atom is -0.648 e. The van der Waals surface area contributed by atoms with Crippen molar-refractivity contribution in [2.24, 2.45) is 0 Å². The molecule has 0 saturated heterocycles. The van der Waals surface area contributed by atoms with Gasteiger partial charge in [0.05, 0.1) is 25.7 Å². The maximum atomic E-state index is 12.8. The number of hydrogen-bond donors (Lipinski definition) is 2. The van der Waals surface area contributed by atoms with E-state index in [0.29, 0.717) is 25.1 Å². The average molecular weight is 530 g/mol. The Kier molecular flexibility index (Phi) is 15.8. The van der Waals surface area contributed by atoms with Crippen molar-refractivity contribution in [1.29, 1.82) is 0 Å². The van der Waals surface area contributed by atoms with E-state index in [1.807, 2.05) is 26.1 Å². The van der Waals surface area contributed by atoms with E-state index in [1.54, 1.807) is 12.1 Å². The van der Waals surface area contributed by atoms with Gasteiger partial charge in [-0.3, -0.25) is 4.79 Å². The SMILES string of the molecule is CCCNC(=O)OCCCOCC(=O)[N-]Cc1ccc(C(=O)C2=C(NC)CCCC2)cc1.[Rb+]. The molecule has 0 spiro atoms. The van der Waals surface area contributed by atoms with Crippen LogP contribution in [0.4, 0.5) is 4.79 Å². The van der Waals surface area contributed by atoms with E-state index in [1.165, 1.54) is 0 Å². The third kappa shape index (κ3) is 11.3. The number of carbonyl (C=O) groups is 3. The summed E-state index contributed by atoms with van der Waals surface area (Å²) < 4.78 is 10.2. The maximum absolute atomic E-state index is 12.8. The molecule has 0 heterocycles. The van der Waals surface area contributed by atoms with Crippen LogP contribution in [0, 0.1) is 0 Å². The fourth-order valence-electron chi connectivity index (χ4n) is 3.36. The van der Waals surface area contributed by atoms with Crippen LogP contribution in [-0.4, -0.2) is 51.2 Å². The van der Waals surface area contributed by atoms with Crippen LogP contribution in [0.5, 0.6) is 0 Å².